The number of nitrogens with zero attached hydrogens (tertiary/aromatic N) is 3. The van der Waals surface area contributed by atoms with E-state index < -0.39 is 11.7 Å². The summed E-state index contributed by atoms with van der Waals surface area (Å²) < 4.78 is 38.8. The third-order valence-electron chi connectivity index (χ3n) is 2.17. The van der Waals surface area contributed by atoms with Crippen molar-refractivity contribution in [3.05, 3.63) is 34.3 Å². The Morgan fingerprint density at radius 1 is 1.11 bits per heavy atom. The van der Waals surface area contributed by atoms with Crippen LogP contribution in [0.4, 0.5) is 19.0 Å². The molecule has 2 aromatic heterocycles. The van der Waals surface area contributed by atoms with E-state index in [4.69, 9.17) is 28.9 Å². The molecule has 0 amide bonds. The summed E-state index contributed by atoms with van der Waals surface area (Å²) in [6.07, 6.45) is -3.64. The maximum Gasteiger partial charge on any atom is 0.417 e. The number of alkyl halides is 3. The zero-order valence-corrected chi connectivity index (χ0v) is 10.6. The van der Waals surface area contributed by atoms with Crippen LogP contribution in [0.1, 0.15) is 5.56 Å². The van der Waals surface area contributed by atoms with E-state index in [9.17, 15) is 13.2 Å². The Balaban J connectivity index is 2.68. The highest BCUT2D eigenvalue weighted by Crippen LogP contribution is 2.37. The molecule has 0 saturated heterocycles. The van der Waals surface area contributed by atoms with Crippen LogP contribution in [0.3, 0.4) is 0 Å². The van der Waals surface area contributed by atoms with Gasteiger partial charge in [-0.05, 0) is 17.7 Å². The van der Waals surface area contributed by atoms with Crippen LogP contribution in [0.25, 0.3) is 11.3 Å². The first kappa shape index (κ1) is 13.8. The molecule has 2 rings (SSSR count). The summed E-state index contributed by atoms with van der Waals surface area (Å²) in [5, 5.41) is -0.326. The topological polar surface area (TPSA) is 64.7 Å². The summed E-state index contributed by atoms with van der Waals surface area (Å²) in [6, 6.07) is 1.88. The van der Waals surface area contributed by atoms with E-state index >= 15 is 0 Å². The molecule has 2 N–H and O–H groups in total. The van der Waals surface area contributed by atoms with E-state index in [-0.39, 0.29) is 27.5 Å². The molecule has 0 aliphatic heterocycles. The maximum absolute atomic E-state index is 12.9. The molecule has 0 saturated carbocycles. The highest BCUT2D eigenvalue weighted by atomic mass is 35.5. The number of rotatable bonds is 1. The lowest BCUT2D eigenvalue weighted by molar-refractivity contribution is -0.137. The van der Waals surface area contributed by atoms with Crippen molar-refractivity contribution in [2.45, 2.75) is 6.18 Å². The number of nitrogens with two attached hydrogens (primary N) is 1. The van der Waals surface area contributed by atoms with Gasteiger partial charge in [-0.25, -0.2) is 15.0 Å². The summed E-state index contributed by atoms with van der Waals surface area (Å²) in [6.45, 7) is 0. The molecule has 9 heteroatoms. The van der Waals surface area contributed by atoms with Crippen LogP contribution in [-0.2, 0) is 6.18 Å². The van der Waals surface area contributed by atoms with Crippen molar-refractivity contribution in [3.63, 3.8) is 0 Å². The molecule has 2 aromatic rings. The summed E-state index contributed by atoms with van der Waals surface area (Å²) >= 11 is 11.2. The standard InChI is InChI=1S/C10H5Cl2F3N4/c11-7-2-6(18-9(12)19-7)4-3-17-8(16)1-5(4)10(13,14)15/h1-3H,(H2,16,17). The van der Waals surface area contributed by atoms with E-state index in [0.717, 1.165) is 18.3 Å². The first-order valence-electron chi connectivity index (χ1n) is 4.80. The number of hydrogen-bond donors (Lipinski definition) is 1. The summed E-state index contributed by atoms with van der Waals surface area (Å²) in [5.41, 5.74) is 3.95. The van der Waals surface area contributed by atoms with Crippen LogP contribution in [0.5, 0.6) is 0 Å². The van der Waals surface area contributed by atoms with Gasteiger partial charge < -0.3 is 5.73 Å². The third-order valence-corrected chi connectivity index (χ3v) is 2.54. The fraction of sp³-hybridized carbons (Fsp3) is 0.100. The number of nitrogen functional groups attached to an aromatic ring is 1. The molecular weight excluding hydrogens is 304 g/mol. The second-order valence-corrected chi connectivity index (χ2v) is 4.22. The zero-order chi connectivity index (χ0) is 14.2. The first-order chi connectivity index (χ1) is 8.77. The number of aromatic nitrogens is 3. The Labute approximate surface area is 115 Å². The van der Waals surface area contributed by atoms with E-state index in [2.05, 4.69) is 15.0 Å². The molecule has 4 nitrogen and oxygen atoms in total. The second kappa shape index (κ2) is 4.82. The Kier molecular flexibility index (Phi) is 3.51. The van der Waals surface area contributed by atoms with Crippen LogP contribution in [-0.4, -0.2) is 15.0 Å². The van der Waals surface area contributed by atoms with Gasteiger partial charge >= 0.3 is 6.18 Å². The van der Waals surface area contributed by atoms with E-state index in [1.807, 2.05) is 0 Å². The number of hydrogen-bond acceptors (Lipinski definition) is 4. The van der Waals surface area contributed by atoms with Crippen LogP contribution in [0.15, 0.2) is 18.3 Å². The minimum atomic E-state index is -4.60. The minimum absolute atomic E-state index is 0.0695. The molecule has 2 heterocycles. The van der Waals surface area contributed by atoms with E-state index in [1.165, 1.54) is 0 Å². The molecular formula is C10H5Cl2F3N4. The SMILES string of the molecule is Nc1cc(C(F)(F)F)c(-c2cc(Cl)nc(Cl)n2)cn1. The lowest BCUT2D eigenvalue weighted by Gasteiger charge is -2.12. The third kappa shape index (κ3) is 3.05. The Hall–Kier alpha value is -1.60. The number of pyridine rings is 1. The van der Waals surface area contributed by atoms with Crippen molar-refractivity contribution in [2.75, 3.05) is 5.73 Å². The molecule has 0 aliphatic carbocycles. The fourth-order valence-corrected chi connectivity index (χ4v) is 1.85. The Morgan fingerprint density at radius 3 is 2.37 bits per heavy atom. The number of anilines is 1. The molecule has 0 atom stereocenters. The second-order valence-electron chi connectivity index (χ2n) is 3.50. The van der Waals surface area contributed by atoms with Crippen molar-refractivity contribution in [3.8, 4) is 11.3 Å². The van der Waals surface area contributed by atoms with Crippen LogP contribution < -0.4 is 5.73 Å². The van der Waals surface area contributed by atoms with Gasteiger partial charge in [0.05, 0.1) is 11.3 Å². The molecule has 100 valence electrons. The van der Waals surface area contributed by atoms with Gasteiger partial charge in [-0.1, -0.05) is 11.6 Å². The van der Waals surface area contributed by atoms with Crippen molar-refractivity contribution in [1.29, 1.82) is 0 Å². The molecule has 0 radical (unpaired) electrons. The normalized spacial score (nSPS) is 11.6. The van der Waals surface area contributed by atoms with Gasteiger partial charge in [0.25, 0.3) is 0 Å². The van der Waals surface area contributed by atoms with Crippen molar-refractivity contribution < 1.29 is 13.2 Å². The molecule has 0 aliphatic rings. The lowest BCUT2D eigenvalue weighted by Crippen LogP contribution is -2.09. The van der Waals surface area contributed by atoms with Gasteiger partial charge in [-0.15, -0.1) is 0 Å². The number of halogens is 5. The average Bonchev–Trinajstić information content (AvgIpc) is 2.26. The molecule has 0 aromatic carbocycles. The van der Waals surface area contributed by atoms with Crippen molar-refractivity contribution >= 4 is 29.0 Å². The van der Waals surface area contributed by atoms with E-state index in [1.54, 1.807) is 0 Å². The first-order valence-corrected chi connectivity index (χ1v) is 5.56. The molecule has 19 heavy (non-hydrogen) atoms. The maximum atomic E-state index is 12.9. The molecule has 0 spiro atoms. The van der Waals surface area contributed by atoms with Crippen molar-refractivity contribution in [2.24, 2.45) is 0 Å². The summed E-state index contributed by atoms with van der Waals surface area (Å²) in [7, 11) is 0. The molecule has 0 fully saturated rings. The van der Waals surface area contributed by atoms with Gasteiger partial charge in [-0.2, -0.15) is 13.2 Å². The summed E-state index contributed by atoms with van der Waals surface area (Å²) in [4.78, 5) is 10.9. The highest BCUT2D eigenvalue weighted by Gasteiger charge is 2.34. The van der Waals surface area contributed by atoms with Gasteiger partial charge in [0.2, 0.25) is 5.28 Å². The predicted octanol–water partition coefficient (Wildman–Crippen LogP) is 3.45. The Morgan fingerprint density at radius 2 is 1.79 bits per heavy atom. The minimum Gasteiger partial charge on any atom is -0.384 e. The Bertz CT molecular complexity index is 610. The van der Waals surface area contributed by atoms with Crippen LogP contribution in [0.2, 0.25) is 10.4 Å². The molecule has 0 unspecified atom stereocenters. The summed E-state index contributed by atoms with van der Waals surface area (Å²) in [5.74, 6) is -0.248. The quantitative estimate of drug-likeness (QED) is 0.647. The van der Waals surface area contributed by atoms with Crippen LogP contribution >= 0.6 is 23.2 Å². The average molecular weight is 309 g/mol. The highest BCUT2D eigenvalue weighted by molar-refractivity contribution is 6.32. The van der Waals surface area contributed by atoms with Gasteiger partial charge in [0.15, 0.2) is 0 Å². The monoisotopic (exact) mass is 308 g/mol. The van der Waals surface area contributed by atoms with E-state index in [0.29, 0.717) is 0 Å². The smallest absolute Gasteiger partial charge is 0.384 e. The fourth-order valence-electron chi connectivity index (χ4n) is 1.44. The van der Waals surface area contributed by atoms with Gasteiger partial charge in [-0.3, -0.25) is 0 Å². The predicted molar refractivity (Wildman–Crippen MR) is 64.7 cm³/mol. The lowest BCUT2D eigenvalue weighted by atomic mass is 10.1. The van der Waals surface area contributed by atoms with Gasteiger partial charge in [0.1, 0.15) is 11.0 Å². The van der Waals surface area contributed by atoms with Crippen molar-refractivity contribution in [1.82, 2.24) is 15.0 Å². The zero-order valence-electron chi connectivity index (χ0n) is 9.04. The van der Waals surface area contributed by atoms with Crippen LogP contribution in [0, 0.1) is 0 Å². The largest absolute Gasteiger partial charge is 0.417 e. The molecule has 0 bridgehead atoms. The van der Waals surface area contributed by atoms with Gasteiger partial charge in [0, 0.05) is 17.8 Å².